The standard InChI is InChI=1S/C20H18N4O3S/c1-13-6-8-14(9-7-13)21-18(25)10-11-19-23-17(24-27-19)12-28-20-22-15-4-2-3-5-16(15)26-20/h2-9H,10-12H2,1H3,(H,21,25). The molecule has 142 valence electrons. The second-order valence-electron chi connectivity index (χ2n) is 6.25. The van der Waals surface area contributed by atoms with Crippen LogP contribution in [-0.4, -0.2) is 21.0 Å². The lowest BCUT2D eigenvalue weighted by atomic mass is 10.2. The van der Waals surface area contributed by atoms with Crippen LogP contribution in [0, 0.1) is 6.92 Å². The number of carbonyl (C=O) groups is 1. The quantitative estimate of drug-likeness (QED) is 0.465. The minimum atomic E-state index is -0.0931. The Balaban J connectivity index is 1.26. The third-order valence-corrected chi connectivity index (χ3v) is 4.83. The summed E-state index contributed by atoms with van der Waals surface area (Å²) in [6, 6.07) is 15.3. The number of hydrogen-bond acceptors (Lipinski definition) is 7. The molecule has 1 N–H and O–H groups in total. The van der Waals surface area contributed by atoms with Gasteiger partial charge in [0.1, 0.15) is 5.52 Å². The van der Waals surface area contributed by atoms with E-state index in [0.717, 1.165) is 22.4 Å². The number of anilines is 1. The number of aryl methyl sites for hydroxylation is 2. The lowest BCUT2D eigenvalue weighted by Crippen LogP contribution is -2.12. The molecule has 1 amide bonds. The third kappa shape index (κ3) is 4.58. The summed E-state index contributed by atoms with van der Waals surface area (Å²) in [6.07, 6.45) is 0.659. The summed E-state index contributed by atoms with van der Waals surface area (Å²) in [5, 5.41) is 7.36. The zero-order valence-electron chi connectivity index (χ0n) is 15.2. The first-order valence-corrected chi connectivity index (χ1v) is 9.80. The largest absolute Gasteiger partial charge is 0.431 e. The molecule has 0 aliphatic heterocycles. The Morgan fingerprint density at radius 1 is 1.11 bits per heavy atom. The minimum Gasteiger partial charge on any atom is -0.431 e. The first-order valence-electron chi connectivity index (χ1n) is 8.82. The highest BCUT2D eigenvalue weighted by Gasteiger charge is 2.12. The predicted octanol–water partition coefficient (Wildman–Crippen LogP) is 4.38. The van der Waals surface area contributed by atoms with Gasteiger partial charge in [0.05, 0.1) is 5.75 Å². The minimum absolute atomic E-state index is 0.0931. The van der Waals surface area contributed by atoms with Crippen molar-refractivity contribution in [3.63, 3.8) is 0 Å². The molecule has 2 heterocycles. The van der Waals surface area contributed by atoms with Crippen LogP contribution in [0.2, 0.25) is 0 Å². The maximum atomic E-state index is 12.0. The van der Waals surface area contributed by atoms with Gasteiger partial charge < -0.3 is 14.3 Å². The van der Waals surface area contributed by atoms with E-state index in [4.69, 9.17) is 8.94 Å². The number of nitrogens with zero attached hydrogens (tertiary/aromatic N) is 3. The van der Waals surface area contributed by atoms with Gasteiger partial charge in [0.25, 0.3) is 5.22 Å². The molecule has 0 radical (unpaired) electrons. The van der Waals surface area contributed by atoms with Crippen molar-refractivity contribution in [1.29, 1.82) is 0 Å². The van der Waals surface area contributed by atoms with Crippen LogP contribution in [0.1, 0.15) is 23.7 Å². The number of hydrogen-bond donors (Lipinski definition) is 1. The van der Waals surface area contributed by atoms with E-state index in [2.05, 4.69) is 20.4 Å². The topological polar surface area (TPSA) is 94.1 Å². The summed E-state index contributed by atoms with van der Waals surface area (Å²) < 4.78 is 10.9. The van der Waals surface area contributed by atoms with Crippen LogP contribution in [0.25, 0.3) is 11.1 Å². The maximum Gasteiger partial charge on any atom is 0.257 e. The second kappa shape index (κ2) is 8.26. The molecule has 2 aromatic carbocycles. The van der Waals surface area contributed by atoms with Crippen molar-refractivity contribution in [3.8, 4) is 0 Å². The summed E-state index contributed by atoms with van der Waals surface area (Å²) in [7, 11) is 0. The first kappa shape index (κ1) is 18.2. The number of amides is 1. The molecule has 0 spiro atoms. The predicted molar refractivity (Wildman–Crippen MR) is 106 cm³/mol. The Bertz CT molecular complexity index is 1060. The van der Waals surface area contributed by atoms with E-state index in [0.29, 0.717) is 29.1 Å². The monoisotopic (exact) mass is 394 g/mol. The Morgan fingerprint density at radius 2 is 1.93 bits per heavy atom. The Morgan fingerprint density at radius 3 is 2.75 bits per heavy atom. The van der Waals surface area contributed by atoms with Crippen molar-refractivity contribution in [2.24, 2.45) is 0 Å². The third-order valence-electron chi connectivity index (χ3n) is 4.01. The lowest BCUT2D eigenvalue weighted by Gasteiger charge is -2.04. The summed E-state index contributed by atoms with van der Waals surface area (Å²) in [5.74, 6) is 1.36. The van der Waals surface area contributed by atoms with Gasteiger partial charge in [-0.15, -0.1) is 0 Å². The fraction of sp³-hybridized carbons (Fsp3) is 0.200. The number of oxazole rings is 1. The molecule has 0 atom stereocenters. The van der Waals surface area contributed by atoms with Crippen LogP contribution < -0.4 is 5.32 Å². The Labute approximate surface area is 165 Å². The Hall–Kier alpha value is -3.13. The van der Waals surface area contributed by atoms with Crippen LogP contribution in [0.15, 0.2) is 62.7 Å². The molecule has 0 bridgehead atoms. The molecule has 0 unspecified atom stereocenters. The van der Waals surface area contributed by atoms with E-state index in [9.17, 15) is 4.79 Å². The van der Waals surface area contributed by atoms with Gasteiger partial charge in [0.2, 0.25) is 11.8 Å². The van der Waals surface area contributed by atoms with E-state index in [1.807, 2.05) is 55.5 Å². The van der Waals surface area contributed by atoms with Crippen molar-refractivity contribution in [2.45, 2.75) is 30.7 Å². The van der Waals surface area contributed by atoms with Crippen LogP contribution in [0.3, 0.4) is 0 Å². The van der Waals surface area contributed by atoms with Gasteiger partial charge in [0, 0.05) is 18.5 Å². The van der Waals surface area contributed by atoms with Crippen molar-refractivity contribution >= 4 is 34.5 Å². The van der Waals surface area contributed by atoms with Gasteiger partial charge in [-0.25, -0.2) is 4.98 Å². The van der Waals surface area contributed by atoms with E-state index >= 15 is 0 Å². The van der Waals surface area contributed by atoms with Crippen molar-refractivity contribution in [2.75, 3.05) is 5.32 Å². The zero-order valence-corrected chi connectivity index (χ0v) is 16.0. The molecule has 8 heteroatoms. The summed E-state index contributed by atoms with van der Waals surface area (Å²) >= 11 is 1.40. The molecule has 0 aliphatic carbocycles. The van der Waals surface area contributed by atoms with Gasteiger partial charge in [-0.2, -0.15) is 4.98 Å². The van der Waals surface area contributed by atoms with E-state index in [1.54, 1.807) is 0 Å². The number of thioether (sulfide) groups is 1. The molecule has 4 rings (SSSR count). The molecule has 4 aromatic rings. The van der Waals surface area contributed by atoms with Crippen molar-refractivity contribution in [3.05, 3.63) is 65.8 Å². The first-order chi connectivity index (χ1) is 13.7. The molecule has 0 fully saturated rings. The summed E-state index contributed by atoms with van der Waals surface area (Å²) in [4.78, 5) is 20.8. The van der Waals surface area contributed by atoms with Gasteiger partial charge >= 0.3 is 0 Å². The van der Waals surface area contributed by atoms with E-state index in [-0.39, 0.29) is 12.3 Å². The van der Waals surface area contributed by atoms with Crippen molar-refractivity contribution in [1.82, 2.24) is 15.1 Å². The molecule has 0 saturated carbocycles. The maximum absolute atomic E-state index is 12.0. The molecule has 7 nitrogen and oxygen atoms in total. The lowest BCUT2D eigenvalue weighted by molar-refractivity contribution is -0.116. The van der Waals surface area contributed by atoms with Crippen LogP contribution in [0.4, 0.5) is 5.69 Å². The average molecular weight is 394 g/mol. The summed E-state index contributed by atoms with van der Waals surface area (Å²) in [5.41, 5.74) is 3.49. The van der Waals surface area contributed by atoms with Gasteiger partial charge in [0.15, 0.2) is 11.4 Å². The molecular formula is C20H18N4O3S. The molecule has 28 heavy (non-hydrogen) atoms. The molecule has 2 aromatic heterocycles. The molecular weight excluding hydrogens is 376 g/mol. The number of nitrogens with one attached hydrogen (secondary N) is 1. The Kier molecular flexibility index (Phi) is 5.38. The van der Waals surface area contributed by atoms with Crippen LogP contribution >= 0.6 is 11.8 Å². The summed E-state index contributed by atoms with van der Waals surface area (Å²) in [6.45, 7) is 2.00. The fourth-order valence-electron chi connectivity index (χ4n) is 2.57. The highest BCUT2D eigenvalue weighted by Crippen LogP contribution is 2.25. The normalized spacial score (nSPS) is 11.0. The van der Waals surface area contributed by atoms with Crippen LogP contribution in [-0.2, 0) is 17.0 Å². The van der Waals surface area contributed by atoms with Gasteiger partial charge in [-0.3, -0.25) is 4.79 Å². The fourth-order valence-corrected chi connectivity index (χ4v) is 3.25. The van der Waals surface area contributed by atoms with E-state index < -0.39 is 0 Å². The highest BCUT2D eigenvalue weighted by molar-refractivity contribution is 7.98. The number of carbonyl (C=O) groups excluding carboxylic acids is 1. The number of benzene rings is 2. The average Bonchev–Trinajstić information content (AvgIpc) is 3.33. The number of para-hydroxylation sites is 2. The van der Waals surface area contributed by atoms with E-state index in [1.165, 1.54) is 11.8 Å². The second-order valence-corrected chi connectivity index (χ2v) is 7.18. The molecule has 0 saturated heterocycles. The number of fused-ring (bicyclic) bond motifs is 1. The SMILES string of the molecule is Cc1ccc(NC(=O)CCc2nc(CSc3nc4ccccc4o3)no2)cc1. The van der Waals surface area contributed by atoms with Gasteiger partial charge in [-0.05, 0) is 31.2 Å². The zero-order chi connectivity index (χ0) is 19.3. The van der Waals surface area contributed by atoms with Gasteiger partial charge in [-0.1, -0.05) is 46.7 Å². The smallest absolute Gasteiger partial charge is 0.257 e. The molecule has 0 aliphatic rings. The van der Waals surface area contributed by atoms with Crippen molar-refractivity contribution < 1.29 is 13.7 Å². The number of rotatable bonds is 7. The number of aromatic nitrogens is 3. The highest BCUT2D eigenvalue weighted by atomic mass is 32.2. The van der Waals surface area contributed by atoms with Crippen LogP contribution in [0.5, 0.6) is 0 Å².